The number of alkyl halides is 3. The molecule has 1 aromatic carbocycles. The molecule has 0 fully saturated rings. The number of hydrogen-bond donors (Lipinski definition) is 1. The van der Waals surface area contributed by atoms with E-state index in [4.69, 9.17) is 0 Å². The lowest BCUT2D eigenvalue weighted by Crippen LogP contribution is -2.16. The summed E-state index contributed by atoms with van der Waals surface area (Å²) in [5.74, 6) is 0.351. The molecule has 0 spiro atoms. The van der Waals surface area contributed by atoms with Gasteiger partial charge < -0.3 is 9.72 Å². The molecule has 0 amide bonds. The number of halogens is 3. The second-order valence-corrected chi connectivity index (χ2v) is 5.79. The van der Waals surface area contributed by atoms with Crippen LogP contribution in [0, 0.1) is 6.92 Å². The van der Waals surface area contributed by atoms with E-state index in [0.29, 0.717) is 21.9 Å². The van der Waals surface area contributed by atoms with E-state index in [-0.39, 0.29) is 5.75 Å². The zero-order valence-electron chi connectivity index (χ0n) is 12.0. The van der Waals surface area contributed by atoms with Crippen LogP contribution in [0.3, 0.4) is 0 Å². The van der Waals surface area contributed by atoms with Crippen LogP contribution in [-0.4, -0.2) is 21.3 Å². The molecule has 3 aromatic rings. The number of aromatic amines is 1. The summed E-state index contributed by atoms with van der Waals surface area (Å²) < 4.78 is 40.6. The smallest absolute Gasteiger partial charge is 0.406 e. The van der Waals surface area contributed by atoms with Crippen LogP contribution < -0.4 is 4.74 Å². The first-order valence-corrected chi connectivity index (χ1v) is 7.68. The molecule has 0 saturated carbocycles. The molecule has 0 bridgehead atoms. The molecule has 0 aliphatic rings. The van der Waals surface area contributed by atoms with Gasteiger partial charge in [-0.3, -0.25) is 4.98 Å². The maximum atomic E-state index is 12.2. The highest BCUT2D eigenvalue weighted by Crippen LogP contribution is 2.28. The number of fused-ring (bicyclic) bond motifs is 1. The number of aryl methyl sites for hydroxylation is 1. The van der Waals surface area contributed by atoms with Crippen molar-refractivity contribution in [3.8, 4) is 5.75 Å². The van der Waals surface area contributed by atoms with Gasteiger partial charge in [0.1, 0.15) is 5.75 Å². The maximum Gasteiger partial charge on any atom is 0.573 e. The molecular weight excluding hydrogens is 327 g/mol. The summed E-state index contributed by atoms with van der Waals surface area (Å²) in [5, 5.41) is 0.620. The van der Waals surface area contributed by atoms with Gasteiger partial charge in [0, 0.05) is 18.0 Å². The molecule has 0 aliphatic heterocycles. The molecule has 2 heterocycles. The molecule has 8 heteroatoms. The number of thioether (sulfide) groups is 1. The summed E-state index contributed by atoms with van der Waals surface area (Å²) >= 11 is 1.44. The number of hydrogen-bond acceptors (Lipinski definition) is 4. The second kappa shape index (κ2) is 6.11. The van der Waals surface area contributed by atoms with Crippen molar-refractivity contribution in [2.45, 2.75) is 24.2 Å². The van der Waals surface area contributed by atoms with E-state index in [1.807, 2.05) is 19.1 Å². The Bertz CT molecular complexity index is 832. The average Bonchev–Trinajstić information content (AvgIpc) is 2.87. The first-order valence-electron chi connectivity index (χ1n) is 6.69. The van der Waals surface area contributed by atoms with Crippen molar-refractivity contribution in [1.29, 1.82) is 0 Å². The molecular formula is C15H12F3N3OS. The summed E-state index contributed by atoms with van der Waals surface area (Å²) in [7, 11) is 0. The van der Waals surface area contributed by atoms with Gasteiger partial charge in [0.15, 0.2) is 5.16 Å². The van der Waals surface area contributed by atoms with Crippen LogP contribution in [0.1, 0.15) is 11.3 Å². The van der Waals surface area contributed by atoms with Gasteiger partial charge in [-0.15, -0.1) is 13.2 Å². The van der Waals surface area contributed by atoms with Crippen LogP contribution in [-0.2, 0) is 5.75 Å². The molecule has 1 N–H and O–H groups in total. The largest absolute Gasteiger partial charge is 0.573 e. The van der Waals surface area contributed by atoms with Gasteiger partial charge in [-0.1, -0.05) is 17.8 Å². The fraction of sp³-hybridized carbons (Fsp3) is 0.200. The van der Waals surface area contributed by atoms with Gasteiger partial charge in [0.2, 0.25) is 0 Å². The first kappa shape index (κ1) is 15.7. The predicted octanol–water partition coefficient (Wildman–Crippen LogP) is 4.46. The normalized spacial score (nSPS) is 11.8. The van der Waals surface area contributed by atoms with Crippen LogP contribution in [0.4, 0.5) is 13.2 Å². The zero-order chi connectivity index (χ0) is 16.4. The van der Waals surface area contributed by atoms with Crippen molar-refractivity contribution in [2.75, 3.05) is 0 Å². The van der Waals surface area contributed by atoms with Crippen molar-refractivity contribution in [3.63, 3.8) is 0 Å². The van der Waals surface area contributed by atoms with E-state index in [2.05, 4.69) is 19.7 Å². The molecule has 0 saturated heterocycles. The fourth-order valence-corrected chi connectivity index (χ4v) is 2.96. The molecule has 23 heavy (non-hydrogen) atoms. The number of nitrogens with zero attached hydrogens (tertiary/aromatic N) is 2. The second-order valence-electron chi connectivity index (χ2n) is 4.82. The van der Waals surface area contributed by atoms with E-state index < -0.39 is 6.36 Å². The molecule has 0 atom stereocenters. The predicted molar refractivity (Wildman–Crippen MR) is 81.3 cm³/mol. The summed E-state index contributed by atoms with van der Waals surface area (Å²) in [4.78, 5) is 11.6. The number of aromatic nitrogens is 3. The van der Waals surface area contributed by atoms with E-state index in [9.17, 15) is 13.2 Å². The van der Waals surface area contributed by atoms with Crippen molar-refractivity contribution in [2.24, 2.45) is 0 Å². The first-order chi connectivity index (χ1) is 10.9. The van der Waals surface area contributed by atoms with E-state index >= 15 is 0 Å². The Hall–Kier alpha value is -2.22. The van der Waals surface area contributed by atoms with Gasteiger partial charge in [0.05, 0.1) is 16.7 Å². The Labute approximate surface area is 134 Å². The number of rotatable bonds is 4. The Morgan fingerprint density at radius 1 is 1.26 bits per heavy atom. The highest BCUT2D eigenvalue weighted by atomic mass is 32.2. The Balaban J connectivity index is 1.76. The third-order valence-electron chi connectivity index (χ3n) is 3.13. The Kier molecular flexibility index (Phi) is 4.16. The Morgan fingerprint density at radius 3 is 2.83 bits per heavy atom. The molecule has 0 aliphatic carbocycles. The van der Waals surface area contributed by atoms with Gasteiger partial charge in [-0.25, -0.2) is 4.98 Å². The highest BCUT2D eigenvalue weighted by Gasteiger charge is 2.31. The van der Waals surface area contributed by atoms with E-state index in [1.54, 1.807) is 6.20 Å². The van der Waals surface area contributed by atoms with Crippen LogP contribution in [0.5, 0.6) is 5.75 Å². The number of pyridine rings is 1. The van der Waals surface area contributed by atoms with Gasteiger partial charge >= 0.3 is 6.36 Å². The lowest BCUT2D eigenvalue weighted by Gasteiger charge is -2.07. The number of nitrogens with one attached hydrogen (secondary N) is 1. The third-order valence-corrected chi connectivity index (χ3v) is 4.01. The average molecular weight is 339 g/mol. The van der Waals surface area contributed by atoms with Crippen LogP contribution in [0.2, 0.25) is 0 Å². The highest BCUT2D eigenvalue weighted by molar-refractivity contribution is 7.98. The summed E-state index contributed by atoms with van der Waals surface area (Å²) in [6.07, 6.45) is -2.98. The van der Waals surface area contributed by atoms with Gasteiger partial charge in [0.25, 0.3) is 0 Å². The lowest BCUT2D eigenvalue weighted by molar-refractivity contribution is -0.274. The SMILES string of the molecule is Cc1cccnc1CSc1nc2ccc(OC(F)(F)F)cc2[nH]1. The van der Waals surface area contributed by atoms with Crippen LogP contribution in [0.15, 0.2) is 41.7 Å². The van der Waals surface area contributed by atoms with Crippen LogP contribution >= 0.6 is 11.8 Å². The molecule has 120 valence electrons. The van der Waals surface area contributed by atoms with E-state index in [1.165, 1.54) is 30.0 Å². The number of H-pyrrole nitrogens is 1. The number of benzene rings is 1. The minimum atomic E-state index is -4.71. The van der Waals surface area contributed by atoms with E-state index in [0.717, 1.165) is 11.3 Å². The van der Waals surface area contributed by atoms with Crippen molar-refractivity contribution >= 4 is 22.8 Å². The molecule has 0 radical (unpaired) electrons. The number of ether oxygens (including phenoxy) is 1. The topological polar surface area (TPSA) is 50.8 Å². The van der Waals surface area contributed by atoms with Gasteiger partial charge in [-0.2, -0.15) is 0 Å². The van der Waals surface area contributed by atoms with Gasteiger partial charge in [-0.05, 0) is 30.7 Å². The van der Waals surface area contributed by atoms with Crippen LogP contribution in [0.25, 0.3) is 11.0 Å². The minimum absolute atomic E-state index is 0.272. The molecule has 2 aromatic heterocycles. The van der Waals surface area contributed by atoms with Crippen molar-refractivity contribution < 1.29 is 17.9 Å². The molecule has 0 unspecified atom stereocenters. The molecule has 3 rings (SSSR count). The minimum Gasteiger partial charge on any atom is -0.406 e. The standard InChI is InChI=1S/C15H12F3N3OS/c1-9-3-2-6-19-13(9)8-23-14-20-11-5-4-10(7-12(11)21-14)22-15(16,17)18/h2-7H,8H2,1H3,(H,20,21). The number of imidazole rings is 1. The maximum absolute atomic E-state index is 12.2. The quantitative estimate of drug-likeness (QED) is 0.713. The summed E-state index contributed by atoms with van der Waals surface area (Å²) in [5.41, 5.74) is 3.10. The molecule has 4 nitrogen and oxygen atoms in total. The summed E-state index contributed by atoms with van der Waals surface area (Å²) in [6, 6.07) is 7.86. The van der Waals surface area contributed by atoms with Crippen molar-refractivity contribution in [3.05, 3.63) is 47.8 Å². The third kappa shape index (κ3) is 3.95. The summed E-state index contributed by atoms with van der Waals surface area (Å²) in [6.45, 7) is 1.97. The van der Waals surface area contributed by atoms with Crippen molar-refractivity contribution in [1.82, 2.24) is 15.0 Å². The monoisotopic (exact) mass is 339 g/mol. The zero-order valence-corrected chi connectivity index (χ0v) is 12.8. The fourth-order valence-electron chi connectivity index (χ4n) is 2.04. The lowest BCUT2D eigenvalue weighted by atomic mass is 10.2. The Morgan fingerprint density at radius 2 is 2.09 bits per heavy atom.